The molecule has 0 bridgehead atoms. The monoisotopic (exact) mass is 242 g/mol. The molecule has 0 aliphatic rings. The smallest absolute Gasteiger partial charge is 0.104 e. The third-order valence-electron chi connectivity index (χ3n) is 2.78. The average Bonchev–Trinajstić information content (AvgIpc) is 2.29. The van der Waals surface area contributed by atoms with Crippen molar-refractivity contribution in [3.05, 3.63) is 72.4 Å². The van der Waals surface area contributed by atoms with Crippen molar-refractivity contribution in [1.29, 1.82) is 0 Å². The molecule has 0 fully saturated rings. The van der Waals surface area contributed by atoms with Crippen LogP contribution in [0.25, 0.3) is 0 Å². The van der Waals surface area contributed by atoms with E-state index in [9.17, 15) is 0 Å². The van der Waals surface area contributed by atoms with E-state index in [-0.39, 0.29) is 0 Å². The van der Waals surface area contributed by atoms with Gasteiger partial charge in [-0.15, -0.1) is 0 Å². The summed E-state index contributed by atoms with van der Waals surface area (Å²) >= 11 is 0. The first kappa shape index (κ1) is 14.5. The van der Waals surface area contributed by atoms with Gasteiger partial charge in [-0.1, -0.05) is 61.2 Å². The molecule has 1 nitrogen and oxygen atoms in total. The molecule has 0 aliphatic heterocycles. The molecule has 18 heavy (non-hydrogen) atoms. The van der Waals surface area contributed by atoms with E-state index in [2.05, 4.69) is 69.2 Å². The summed E-state index contributed by atoms with van der Waals surface area (Å²) in [4.78, 5) is 0. The van der Waals surface area contributed by atoms with Crippen LogP contribution in [-0.4, -0.2) is 25.1 Å². The average molecular weight is 242 g/mol. The normalized spacial score (nSPS) is 12.9. The summed E-state index contributed by atoms with van der Waals surface area (Å²) in [6.07, 6.45) is 8.19. The number of rotatable bonds is 6. The van der Waals surface area contributed by atoms with Crippen LogP contribution in [0.1, 0.15) is 12.5 Å². The first-order chi connectivity index (χ1) is 8.57. The molecule has 0 spiro atoms. The molecule has 0 N–H and O–H groups in total. The molecule has 0 aliphatic carbocycles. The summed E-state index contributed by atoms with van der Waals surface area (Å²) in [6, 6.07) is 10.6. The van der Waals surface area contributed by atoms with Crippen molar-refractivity contribution in [3.8, 4) is 0 Å². The Hall–Kier alpha value is -1.60. The van der Waals surface area contributed by atoms with E-state index < -0.39 is 0 Å². The summed E-state index contributed by atoms with van der Waals surface area (Å²) in [5.41, 5.74) is 2.69. The van der Waals surface area contributed by atoms with Gasteiger partial charge in [-0.2, -0.15) is 0 Å². The second-order valence-corrected chi connectivity index (χ2v) is 5.21. The van der Waals surface area contributed by atoms with Gasteiger partial charge in [0.25, 0.3) is 0 Å². The number of hydrogen-bond acceptors (Lipinski definition) is 0. The van der Waals surface area contributed by atoms with Crippen LogP contribution in [0.15, 0.2) is 66.8 Å². The van der Waals surface area contributed by atoms with Crippen LogP contribution in [0.3, 0.4) is 0 Å². The number of likely N-dealkylation sites (N-methyl/N-ethyl adjacent to an activating group) is 1. The lowest BCUT2D eigenvalue weighted by Gasteiger charge is -2.30. The fourth-order valence-corrected chi connectivity index (χ4v) is 2.15. The molecule has 0 heterocycles. The SMILES string of the molecule is C=C/C=C(\C=C/C)C[N+](C)(C)Cc1ccccc1. The molecule has 0 radical (unpaired) electrons. The number of nitrogens with zero attached hydrogens (tertiary/aromatic N) is 1. The predicted molar refractivity (Wildman–Crippen MR) is 80.2 cm³/mol. The van der Waals surface area contributed by atoms with Crippen molar-refractivity contribution in [2.24, 2.45) is 0 Å². The second kappa shape index (κ2) is 6.97. The van der Waals surface area contributed by atoms with Crippen molar-refractivity contribution in [2.75, 3.05) is 20.6 Å². The van der Waals surface area contributed by atoms with E-state index in [0.29, 0.717) is 0 Å². The lowest BCUT2D eigenvalue weighted by molar-refractivity contribution is -0.898. The van der Waals surface area contributed by atoms with Crippen molar-refractivity contribution in [2.45, 2.75) is 13.5 Å². The van der Waals surface area contributed by atoms with Gasteiger partial charge in [-0.3, -0.25) is 0 Å². The zero-order chi connectivity index (χ0) is 13.4. The Bertz CT molecular complexity index is 424. The van der Waals surface area contributed by atoms with E-state index in [1.54, 1.807) is 0 Å². The summed E-state index contributed by atoms with van der Waals surface area (Å²) in [6.45, 7) is 7.87. The molecule has 1 heteroatoms. The van der Waals surface area contributed by atoms with Crippen molar-refractivity contribution >= 4 is 0 Å². The number of hydrogen-bond donors (Lipinski definition) is 0. The van der Waals surface area contributed by atoms with E-state index in [0.717, 1.165) is 17.6 Å². The van der Waals surface area contributed by atoms with Crippen LogP contribution in [0.5, 0.6) is 0 Å². The Morgan fingerprint density at radius 2 is 1.89 bits per heavy atom. The minimum absolute atomic E-state index is 0.939. The molecule has 96 valence electrons. The van der Waals surface area contributed by atoms with Crippen LogP contribution in [-0.2, 0) is 6.54 Å². The fourth-order valence-electron chi connectivity index (χ4n) is 2.15. The molecule has 0 unspecified atom stereocenters. The van der Waals surface area contributed by atoms with E-state index >= 15 is 0 Å². The van der Waals surface area contributed by atoms with Gasteiger partial charge < -0.3 is 4.48 Å². The lowest BCUT2D eigenvalue weighted by Crippen LogP contribution is -2.40. The third-order valence-corrected chi connectivity index (χ3v) is 2.78. The molecule has 0 aromatic heterocycles. The summed E-state index contributed by atoms with van der Waals surface area (Å²) in [5.74, 6) is 0. The minimum Gasteiger partial charge on any atom is -0.321 e. The van der Waals surface area contributed by atoms with Gasteiger partial charge in [0.15, 0.2) is 0 Å². The Morgan fingerprint density at radius 1 is 1.22 bits per heavy atom. The van der Waals surface area contributed by atoms with Crippen molar-refractivity contribution < 1.29 is 4.48 Å². The van der Waals surface area contributed by atoms with Crippen LogP contribution in [0, 0.1) is 0 Å². The van der Waals surface area contributed by atoms with Gasteiger partial charge in [0.1, 0.15) is 13.1 Å². The standard InChI is InChI=1S/C17H24N/c1-5-10-16(11-6-2)14-18(3,4)15-17-12-8-7-9-13-17/h5-13H,1,14-15H2,2-4H3/q+1/b11-6-,16-10+. The van der Waals surface area contributed by atoms with Gasteiger partial charge in [-0.05, 0) is 6.92 Å². The fraction of sp³-hybridized carbons (Fsp3) is 0.294. The molecular weight excluding hydrogens is 218 g/mol. The largest absolute Gasteiger partial charge is 0.321 e. The molecule has 1 aromatic rings. The van der Waals surface area contributed by atoms with E-state index in [1.165, 1.54) is 11.1 Å². The maximum absolute atomic E-state index is 3.78. The maximum Gasteiger partial charge on any atom is 0.104 e. The molecule has 0 atom stereocenters. The molecular formula is C17H24N+. The van der Waals surface area contributed by atoms with Crippen molar-refractivity contribution in [1.82, 2.24) is 0 Å². The molecule has 0 saturated carbocycles. The minimum atomic E-state index is 0.939. The molecule has 0 saturated heterocycles. The highest BCUT2D eigenvalue weighted by molar-refractivity contribution is 5.23. The Balaban J connectivity index is 2.74. The van der Waals surface area contributed by atoms with Crippen LogP contribution < -0.4 is 0 Å². The van der Waals surface area contributed by atoms with Crippen LogP contribution in [0.2, 0.25) is 0 Å². The van der Waals surface area contributed by atoms with Gasteiger partial charge >= 0.3 is 0 Å². The highest BCUT2D eigenvalue weighted by Gasteiger charge is 2.16. The number of quaternary nitrogens is 1. The third kappa shape index (κ3) is 5.15. The zero-order valence-electron chi connectivity index (χ0n) is 11.8. The second-order valence-electron chi connectivity index (χ2n) is 5.21. The number of allylic oxidation sites excluding steroid dienone is 3. The first-order valence-electron chi connectivity index (χ1n) is 6.37. The molecule has 1 rings (SSSR count). The van der Waals surface area contributed by atoms with Crippen LogP contribution in [0.4, 0.5) is 0 Å². The highest BCUT2D eigenvalue weighted by Crippen LogP contribution is 2.13. The lowest BCUT2D eigenvalue weighted by atomic mass is 10.1. The summed E-state index contributed by atoms with van der Waals surface area (Å²) in [7, 11) is 4.51. The summed E-state index contributed by atoms with van der Waals surface area (Å²) in [5, 5.41) is 0. The van der Waals surface area contributed by atoms with Gasteiger partial charge in [-0.25, -0.2) is 0 Å². The molecule has 1 aromatic carbocycles. The Morgan fingerprint density at radius 3 is 2.44 bits per heavy atom. The van der Waals surface area contributed by atoms with E-state index in [1.807, 2.05) is 13.0 Å². The maximum atomic E-state index is 3.78. The van der Waals surface area contributed by atoms with E-state index in [4.69, 9.17) is 0 Å². The molecule has 0 amide bonds. The quantitative estimate of drug-likeness (QED) is 0.523. The number of benzene rings is 1. The Labute approximate surface area is 111 Å². The first-order valence-corrected chi connectivity index (χ1v) is 6.37. The van der Waals surface area contributed by atoms with Gasteiger partial charge in [0.2, 0.25) is 0 Å². The zero-order valence-corrected chi connectivity index (χ0v) is 11.8. The van der Waals surface area contributed by atoms with Gasteiger partial charge in [0, 0.05) is 11.1 Å². The highest BCUT2D eigenvalue weighted by atomic mass is 15.3. The van der Waals surface area contributed by atoms with Crippen LogP contribution >= 0.6 is 0 Å². The summed E-state index contributed by atoms with van der Waals surface area (Å²) < 4.78 is 0.939. The predicted octanol–water partition coefficient (Wildman–Crippen LogP) is 3.95. The topological polar surface area (TPSA) is 0 Å². The van der Waals surface area contributed by atoms with Gasteiger partial charge in [0.05, 0.1) is 14.1 Å². The van der Waals surface area contributed by atoms with Crippen molar-refractivity contribution in [3.63, 3.8) is 0 Å². The Kier molecular flexibility index (Phi) is 5.60.